The van der Waals surface area contributed by atoms with Gasteiger partial charge in [0, 0.05) is 25.5 Å². The van der Waals surface area contributed by atoms with Gasteiger partial charge in [0.25, 0.3) is 5.91 Å². The Morgan fingerprint density at radius 1 is 1.07 bits per heavy atom. The molecule has 1 fully saturated rings. The van der Waals surface area contributed by atoms with Gasteiger partial charge in [-0.25, -0.2) is 14.8 Å². The predicted octanol–water partition coefficient (Wildman–Crippen LogP) is 4.06. The summed E-state index contributed by atoms with van der Waals surface area (Å²) < 4.78 is 0. The van der Waals surface area contributed by atoms with Crippen molar-refractivity contribution in [2.24, 2.45) is 0 Å². The summed E-state index contributed by atoms with van der Waals surface area (Å²) in [4.78, 5) is 36.9. The van der Waals surface area contributed by atoms with E-state index in [1.165, 1.54) is 6.33 Å². The molecule has 4 rings (SSSR count). The molecule has 0 aliphatic carbocycles. The summed E-state index contributed by atoms with van der Waals surface area (Å²) in [6.45, 7) is 1.15. The number of urea groups is 1. The molecule has 0 bridgehead atoms. The van der Waals surface area contributed by atoms with Crippen molar-refractivity contribution in [1.29, 1.82) is 0 Å². The largest absolute Gasteiger partial charge is 0.326 e. The molecule has 2 aromatic carbocycles. The minimum absolute atomic E-state index is 0.128. The van der Waals surface area contributed by atoms with Gasteiger partial charge < -0.3 is 10.2 Å². The van der Waals surface area contributed by atoms with Crippen LogP contribution in [0.3, 0.4) is 0 Å². The molecular weight excluding hydrogens is 401 g/mol. The van der Waals surface area contributed by atoms with E-state index in [1.807, 2.05) is 6.07 Å². The predicted molar refractivity (Wildman–Crippen MR) is 109 cm³/mol. The van der Waals surface area contributed by atoms with Gasteiger partial charge in [-0.2, -0.15) is 0 Å². The summed E-state index contributed by atoms with van der Waals surface area (Å²) in [5.74, 6) is 0.0615. The van der Waals surface area contributed by atoms with Crippen molar-refractivity contribution < 1.29 is 9.59 Å². The monoisotopic (exact) mass is 415 g/mol. The summed E-state index contributed by atoms with van der Waals surface area (Å²) >= 11 is 12.3. The maximum absolute atomic E-state index is 12.7. The quantitative estimate of drug-likeness (QED) is 0.699. The molecule has 1 N–H and O–H groups in total. The Balaban J connectivity index is 1.74. The number of hydrogen-bond donors (Lipinski definition) is 1. The molecule has 28 heavy (non-hydrogen) atoms. The Labute approximate surface area is 170 Å². The van der Waals surface area contributed by atoms with Crippen molar-refractivity contribution in [3.63, 3.8) is 0 Å². The summed E-state index contributed by atoms with van der Waals surface area (Å²) in [6.07, 6.45) is 1.38. The molecule has 9 heteroatoms. The molecule has 2 heterocycles. The molecule has 0 radical (unpaired) electrons. The highest BCUT2D eigenvalue weighted by Gasteiger charge is 2.29. The fourth-order valence-corrected chi connectivity index (χ4v) is 3.70. The van der Waals surface area contributed by atoms with Crippen LogP contribution in [0.1, 0.15) is 10.4 Å². The van der Waals surface area contributed by atoms with E-state index < -0.39 is 5.91 Å². The van der Waals surface area contributed by atoms with Gasteiger partial charge in [-0.1, -0.05) is 35.3 Å². The van der Waals surface area contributed by atoms with Crippen LogP contribution in [-0.2, 0) is 0 Å². The molecule has 0 spiro atoms. The van der Waals surface area contributed by atoms with Crippen LogP contribution < -0.4 is 10.2 Å². The number of anilines is 2. The number of para-hydroxylation sites is 1. The Morgan fingerprint density at radius 2 is 1.79 bits per heavy atom. The second kappa shape index (κ2) is 7.26. The molecule has 7 nitrogen and oxygen atoms in total. The minimum atomic E-state index is -0.444. The molecule has 0 atom stereocenters. The molecule has 1 aliphatic heterocycles. The molecule has 1 aliphatic rings. The molecule has 3 amide bonds. The Morgan fingerprint density at radius 3 is 2.46 bits per heavy atom. The van der Waals surface area contributed by atoms with Crippen LogP contribution in [0.5, 0.6) is 0 Å². The van der Waals surface area contributed by atoms with E-state index in [1.54, 1.807) is 47.2 Å². The van der Waals surface area contributed by atoms with Crippen LogP contribution in [-0.4, -0.2) is 46.9 Å². The van der Waals surface area contributed by atoms with Gasteiger partial charge in [0.1, 0.15) is 12.1 Å². The average molecular weight is 416 g/mol. The molecular formula is C19H15Cl2N5O2. The average Bonchev–Trinajstić information content (AvgIpc) is 3.00. The van der Waals surface area contributed by atoms with Crippen molar-refractivity contribution in [2.75, 3.05) is 30.4 Å². The lowest BCUT2D eigenvalue weighted by Gasteiger charge is -2.17. The third-order valence-electron chi connectivity index (χ3n) is 4.55. The van der Waals surface area contributed by atoms with E-state index in [2.05, 4.69) is 15.3 Å². The molecule has 0 unspecified atom stereocenters. The zero-order valence-corrected chi connectivity index (χ0v) is 16.3. The first-order valence-electron chi connectivity index (χ1n) is 8.49. The van der Waals surface area contributed by atoms with Crippen LogP contribution in [0.15, 0.2) is 42.7 Å². The van der Waals surface area contributed by atoms with E-state index in [0.717, 1.165) is 0 Å². The van der Waals surface area contributed by atoms with E-state index in [4.69, 9.17) is 23.2 Å². The standard InChI is InChI=1S/C19H15Cl2N5O2/c1-25-8-9-26(19(25)28)17-11-4-2-7-14(16(11)22-10-23-17)24-18(27)15-12(20)5-3-6-13(15)21/h2-7,10H,8-9H2,1H3,(H,24,27). The van der Waals surface area contributed by atoms with Crippen LogP contribution >= 0.6 is 23.2 Å². The number of nitrogens with zero attached hydrogens (tertiary/aromatic N) is 4. The first-order chi connectivity index (χ1) is 13.5. The lowest BCUT2D eigenvalue weighted by atomic mass is 10.1. The zero-order valence-electron chi connectivity index (χ0n) is 14.8. The highest BCUT2D eigenvalue weighted by molar-refractivity contribution is 6.40. The van der Waals surface area contributed by atoms with Crippen LogP contribution in [0, 0.1) is 0 Å². The first kappa shape index (κ1) is 18.5. The number of halogens is 2. The van der Waals surface area contributed by atoms with Crippen LogP contribution in [0.25, 0.3) is 10.9 Å². The van der Waals surface area contributed by atoms with Gasteiger partial charge in [-0.15, -0.1) is 0 Å². The summed E-state index contributed by atoms with van der Waals surface area (Å²) in [6, 6.07) is 10.0. The zero-order chi connectivity index (χ0) is 19.8. The second-order valence-electron chi connectivity index (χ2n) is 6.31. The van der Waals surface area contributed by atoms with Gasteiger partial charge in [0.15, 0.2) is 0 Å². The van der Waals surface area contributed by atoms with Gasteiger partial charge in [0.2, 0.25) is 0 Å². The number of carbonyl (C=O) groups excluding carboxylic acids is 2. The van der Waals surface area contributed by atoms with E-state index in [9.17, 15) is 9.59 Å². The lowest BCUT2D eigenvalue weighted by molar-refractivity contribution is 0.102. The minimum Gasteiger partial charge on any atom is -0.326 e. The number of nitrogens with one attached hydrogen (secondary N) is 1. The molecule has 1 aromatic heterocycles. The maximum atomic E-state index is 12.7. The summed E-state index contributed by atoms with van der Waals surface area (Å²) in [5.41, 5.74) is 1.18. The number of aromatic nitrogens is 2. The topological polar surface area (TPSA) is 78.4 Å². The third-order valence-corrected chi connectivity index (χ3v) is 5.18. The Kier molecular flexibility index (Phi) is 4.78. The SMILES string of the molecule is CN1CCN(c2ncnc3c(NC(=O)c4c(Cl)cccc4Cl)cccc23)C1=O. The molecule has 1 saturated heterocycles. The first-order valence-corrected chi connectivity index (χ1v) is 9.24. The number of carbonyl (C=O) groups is 2. The maximum Gasteiger partial charge on any atom is 0.325 e. The normalized spacial score (nSPS) is 14.0. The van der Waals surface area contributed by atoms with Crippen molar-refractivity contribution >= 4 is 57.5 Å². The van der Waals surface area contributed by atoms with Crippen molar-refractivity contribution in [3.05, 3.63) is 58.3 Å². The number of fused-ring (bicyclic) bond motifs is 1. The van der Waals surface area contributed by atoms with Crippen LogP contribution in [0.2, 0.25) is 10.0 Å². The van der Waals surface area contributed by atoms with E-state index >= 15 is 0 Å². The Hall–Kier alpha value is -2.90. The van der Waals surface area contributed by atoms with E-state index in [0.29, 0.717) is 35.5 Å². The van der Waals surface area contributed by atoms with Crippen molar-refractivity contribution in [2.45, 2.75) is 0 Å². The van der Waals surface area contributed by atoms with Gasteiger partial charge in [-0.05, 0) is 24.3 Å². The Bertz CT molecular complexity index is 1080. The second-order valence-corrected chi connectivity index (χ2v) is 7.12. The highest BCUT2D eigenvalue weighted by atomic mass is 35.5. The van der Waals surface area contributed by atoms with Crippen LogP contribution in [0.4, 0.5) is 16.3 Å². The smallest absolute Gasteiger partial charge is 0.325 e. The number of benzene rings is 2. The molecule has 142 valence electrons. The summed E-state index contributed by atoms with van der Waals surface area (Å²) in [7, 11) is 1.74. The highest BCUT2D eigenvalue weighted by Crippen LogP contribution is 2.31. The third kappa shape index (κ3) is 3.12. The van der Waals surface area contributed by atoms with Crippen molar-refractivity contribution in [3.8, 4) is 0 Å². The fraction of sp³-hybridized carbons (Fsp3) is 0.158. The molecule has 0 saturated carbocycles. The number of likely N-dealkylation sites (N-methyl/N-ethyl adjacent to an activating group) is 1. The van der Waals surface area contributed by atoms with Gasteiger partial charge in [-0.3, -0.25) is 9.69 Å². The fourth-order valence-electron chi connectivity index (χ4n) is 3.13. The number of amides is 3. The lowest BCUT2D eigenvalue weighted by Crippen LogP contribution is -2.30. The van der Waals surface area contributed by atoms with Gasteiger partial charge >= 0.3 is 6.03 Å². The van der Waals surface area contributed by atoms with Gasteiger partial charge in [0.05, 0.1) is 26.8 Å². The molecule has 3 aromatic rings. The number of rotatable bonds is 3. The number of hydrogen-bond acceptors (Lipinski definition) is 4. The van der Waals surface area contributed by atoms with Crippen molar-refractivity contribution in [1.82, 2.24) is 14.9 Å². The summed E-state index contributed by atoms with van der Waals surface area (Å²) in [5, 5.41) is 3.98. The van der Waals surface area contributed by atoms with E-state index in [-0.39, 0.29) is 21.6 Å².